The summed E-state index contributed by atoms with van der Waals surface area (Å²) in [5.74, 6) is -1.14. The summed E-state index contributed by atoms with van der Waals surface area (Å²) in [5.41, 5.74) is 0.982. The van der Waals surface area contributed by atoms with Crippen molar-refractivity contribution < 1.29 is 19.4 Å². The number of halogens is 1. The molecule has 0 aliphatic rings. The van der Waals surface area contributed by atoms with E-state index in [2.05, 4.69) is 15.9 Å². The molecule has 0 saturated heterocycles. The van der Waals surface area contributed by atoms with E-state index in [1.807, 2.05) is 30.3 Å². The molecule has 20 heavy (non-hydrogen) atoms. The zero-order valence-electron chi connectivity index (χ0n) is 10.4. The highest BCUT2D eigenvalue weighted by Crippen LogP contribution is 2.26. The van der Waals surface area contributed by atoms with Gasteiger partial charge in [-0.05, 0) is 39.7 Å². The quantitative estimate of drug-likeness (QED) is 0.688. The Morgan fingerprint density at radius 3 is 2.40 bits per heavy atom. The number of carboxylic acids is 1. The first-order valence-electron chi connectivity index (χ1n) is 5.83. The number of hydrogen-bond acceptors (Lipinski definition) is 3. The number of esters is 1. The molecule has 2 aromatic carbocycles. The fraction of sp³-hybridized carbons (Fsp3) is 0.0667. The maximum Gasteiger partial charge on any atom is 0.335 e. The van der Waals surface area contributed by atoms with Crippen LogP contribution in [0.15, 0.2) is 53.0 Å². The van der Waals surface area contributed by atoms with Gasteiger partial charge in [0, 0.05) is 0 Å². The fourth-order valence-electron chi connectivity index (χ4n) is 1.64. The molecule has 0 saturated carbocycles. The first-order valence-corrected chi connectivity index (χ1v) is 6.63. The average molecular weight is 335 g/mol. The molecule has 2 aromatic rings. The molecule has 0 unspecified atom stereocenters. The Hall–Kier alpha value is -2.14. The minimum absolute atomic E-state index is 0.125. The Morgan fingerprint density at radius 2 is 1.80 bits per heavy atom. The topological polar surface area (TPSA) is 63.6 Å². The summed E-state index contributed by atoms with van der Waals surface area (Å²) in [6.07, 6.45) is 0.161. The number of rotatable bonds is 4. The molecule has 0 atom stereocenters. The lowest BCUT2D eigenvalue weighted by Gasteiger charge is -2.07. The second-order valence-corrected chi connectivity index (χ2v) is 4.94. The SMILES string of the molecule is O=C(Cc1ccccc1)Oc1ccc(C(=O)O)cc1Br. The van der Waals surface area contributed by atoms with E-state index in [-0.39, 0.29) is 12.0 Å². The lowest BCUT2D eigenvalue weighted by Crippen LogP contribution is -2.11. The van der Waals surface area contributed by atoms with E-state index in [9.17, 15) is 9.59 Å². The summed E-state index contributed by atoms with van der Waals surface area (Å²) >= 11 is 3.19. The van der Waals surface area contributed by atoms with Crippen LogP contribution in [0.5, 0.6) is 5.75 Å². The van der Waals surface area contributed by atoms with Gasteiger partial charge in [-0.25, -0.2) is 4.79 Å². The number of benzene rings is 2. The molecular weight excluding hydrogens is 324 g/mol. The second kappa shape index (κ2) is 6.34. The summed E-state index contributed by atoms with van der Waals surface area (Å²) in [6.45, 7) is 0. The van der Waals surface area contributed by atoms with Crippen molar-refractivity contribution in [1.82, 2.24) is 0 Å². The maximum atomic E-state index is 11.8. The summed E-state index contributed by atoms with van der Waals surface area (Å²) in [7, 11) is 0. The van der Waals surface area contributed by atoms with Gasteiger partial charge >= 0.3 is 11.9 Å². The summed E-state index contributed by atoms with van der Waals surface area (Å²) in [4.78, 5) is 22.6. The van der Waals surface area contributed by atoms with E-state index in [4.69, 9.17) is 9.84 Å². The lowest BCUT2D eigenvalue weighted by molar-refractivity contribution is -0.133. The van der Waals surface area contributed by atoms with Crippen LogP contribution < -0.4 is 4.74 Å². The molecule has 5 heteroatoms. The summed E-state index contributed by atoms with van der Waals surface area (Å²) in [6, 6.07) is 13.5. The van der Waals surface area contributed by atoms with Crippen molar-refractivity contribution in [1.29, 1.82) is 0 Å². The summed E-state index contributed by atoms with van der Waals surface area (Å²) in [5, 5.41) is 8.85. The standard InChI is InChI=1S/C15H11BrO4/c16-12-9-11(15(18)19)6-7-13(12)20-14(17)8-10-4-2-1-3-5-10/h1-7,9H,8H2,(H,18,19). The molecule has 102 valence electrons. The van der Waals surface area contributed by atoms with Gasteiger partial charge in [0.25, 0.3) is 0 Å². The Bertz CT molecular complexity index is 638. The van der Waals surface area contributed by atoms with Crippen LogP contribution in [0, 0.1) is 0 Å². The molecule has 0 radical (unpaired) electrons. The van der Waals surface area contributed by atoms with Crippen LogP contribution in [-0.2, 0) is 11.2 Å². The van der Waals surface area contributed by atoms with Crippen molar-refractivity contribution in [3.05, 3.63) is 64.1 Å². The Morgan fingerprint density at radius 1 is 1.10 bits per heavy atom. The molecule has 1 N–H and O–H groups in total. The molecule has 0 fully saturated rings. The smallest absolute Gasteiger partial charge is 0.335 e. The van der Waals surface area contributed by atoms with Crippen LogP contribution in [-0.4, -0.2) is 17.0 Å². The summed E-state index contributed by atoms with van der Waals surface area (Å²) < 4.78 is 5.63. The van der Waals surface area contributed by atoms with Crippen LogP contribution in [0.4, 0.5) is 0 Å². The van der Waals surface area contributed by atoms with E-state index in [1.54, 1.807) is 0 Å². The molecule has 0 aliphatic carbocycles. The van der Waals surface area contributed by atoms with E-state index in [0.29, 0.717) is 10.2 Å². The zero-order valence-corrected chi connectivity index (χ0v) is 12.0. The van der Waals surface area contributed by atoms with Crippen molar-refractivity contribution in [3.8, 4) is 5.75 Å². The minimum atomic E-state index is -1.03. The minimum Gasteiger partial charge on any atom is -0.478 e. The predicted octanol–water partition coefficient (Wildman–Crippen LogP) is 3.30. The third kappa shape index (κ3) is 3.68. The molecule has 0 aromatic heterocycles. The second-order valence-electron chi connectivity index (χ2n) is 4.09. The van der Waals surface area contributed by atoms with Gasteiger partial charge in [0.05, 0.1) is 16.5 Å². The highest BCUT2D eigenvalue weighted by molar-refractivity contribution is 9.10. The van der Waals surface area contributed by atoms with Crippen LogP contribution in [0.1, 0.15) is 15.9 Å². The van der Waals surface area contributed by atoms with Crippen LogP contribution in [0.25, 0.3) is 0 Å². The normalized spacial score (nSPS) is 10.1. The molecule has 4 nitrogen and oxygen atoms in total. The Balaban J connectivity index is 2.06. The van der Waals surface area contributed by atoms with Crippen molar-refractivity contribution in [2.45, 2.75) is 6.42 Å². The van der Waals surface area contributed by atoms with Gasteiger partial charge in [0.2, 0.25) is 0 Å². The Labute approximate surface area is 124 Å². The van der Waals surface area contributed by atoms with Gasteiger partial charge in [0.15, 0.2) is 0 Å². The number of carbonyl (C=O) groups excluding carboxylic acids is 1. The third-order valence-corrected chi connectivity index (χ3v) is 3.21. The van der Waals surface area contributed by atoms with E-state index in [1.165, 1.54) is 18.2 Å². The molecule has 0 amide bonds. The lowest BCUT2D eigenvalue weighted by atomic mass is 10.1. The maximum absolute atomic E-state index is 11.8. The van der Waals surface area contributed by atoms with Gasteiger partial charge in [0.1, 0.15) is 5.75 Å². The van der Waals surface area contributed by atoms with Crippen LogP contribution in [0.3, 0.4) is 0 Å². The fourth-order valence-corrected chi connectivity index (χ4v) is 2.10. The first kappa shape index (κ1) is 14.3. The first-order chi connectivity index (χ1) is 9.56. The third-order valence-electron chi connectivity index (χ3n) is 2.59. The molecule has 0 bridgehead atoms. The number of carboxylic acid groups (broad SMARTS) is 1. The van der Waals surface area contributed by atoms with Gasteiger partial charge in [-0.2, -0.15) is 0 Å². The monoisotopic (exact) mass is 334 g/mol. The zero-order chi connectivity index (χ0) is 14.5. The van der Waals surface area contributed by atoms with Crippen molar-refractivity contribution in [3.63, 3.8) is 0 Å². The van der Waals surface area contributed by atoms with Crippen molar-refractivity contribution >= 4 is 27.9 Å². The van der Waals surface area contributed by atoms with E-state index in [0.717, 1.165) is 5.56 Å². The molecular formula is C15H11BrO4. The van der Waals surface area contributed by atoms with E-state index < -0.39 is 11.9 Å². The van der Waals surface area contributed by atoms with Gasteiger partial charge in [-0.3, -0.25) is 4.79 Å². The number of ether oxygens (including phenoxy) is 1. The van der Waals surface area contributed by atoms with Crippen LogP contribution >= 0.6 is 15.9 Å². The van der Waals surface area contributed by atoms with Gasteiger partial charge in [-0.1, -0.05) is 30.3 Å². The number of carbonyl (C=O) groups is 2. The highest BCUT2D eigenvalue weighted by Gasteiger charge is 2.11. The number of aromatic carboxylic acids is 1. The number of hydrogen-bond donors (Lipinski definition) is 1. The van der Waals surface area contributed by atoms with Crippen LogP contribution in [0.2, 0.25) is 0 Å². The van der Waals surface area contributed by atoms with Crippen molar-refractivity contribution in [2.75, 3.05) is 0 Å². The predicted molar refractivity (Wildman–Crippen MR) is 76.9 cm³/mol. The molecule has 2 rings (SSSR count). The largest absolute Gasteiger partial charge is 0.478 e. The average Bonchev–Trinajstić information content (AvgIpc) is 2.42. The molecule has 0 heterocycles. The van der Waals surface area contributed by atoms with Gasteiger partial charge < -0.3 is 9.84 Å². The Kier molecular flexibility index (Phi) is 4.53. The van der Waals surface area contributed by atoms with E-state index >= 15 is 0 Å². The highest BCUT2D eigenvalue weighted by atomic mass is 79.9. The van der Waals surface area contributed by atoms with Crippen molar-refractivity contribution in [2.24, 2.45) is 0 Å². The molecule has 0 aliphatic heterocycles. The molecule has 0 spiro atoms. The van der Waals surface area contributed by atoms with Gasteiger partial charge in [-0.15, -0.1) is 0 Å².